The Morgan fingerprint density at radius 2 is 1.89 bits per heavy atom. The predicted molar refractivity (Wildman–Crippen MR) is 80.1 cm³/mol. The van der Waals surface area contributed by atoms with Crippen molar-refractivity contribution >= 4 is 11.8 Å². The van der Waals surface area contributed by atoms with Crippen molar-refractivity contribution in [2.24, 2.45) is 5.92 Å². The number of nitrogens with one attached hydrogen (secondary N) is 1. The zero-order chi connectivity index (χ0) is 13.4. The largest absolute Gasteiger partial charge is 0.396 e. The van der Waals surface area contributed by atoms with E-state index in [1.54, 1.807) is 11.8 Å². The van der Waals surface area contributed by atoms with E-state index in [4.69, 9.17) is 5.11 Å². The Labute approximate surface area is 115 Å². The second-order valence-corrected chi connectivity index (χ2v) is 5.76. The summed E-state index contributed by atoms with van der Waals surface area (Å²) in [7, 11) is 0. The fourth-order valence-corrected chi connectivity index (χ4v) is 2.28. The Kier molecular flexibility index (Phi) is 7.40. The molecule has 0 heterocycles. The molecule has 0 aliphatic carbocycles. The maximum Gasteiger partial charge on any atom is 0.0456 e. The van der Waals surface area contributed by atoms with Gasteiger partial charge < -0.3 is 10.4 Å². The number of rotatable bonds is 8. The summed E-state index contributed by atoms with van der Waals surface area (Å²) in [6, 6.07) is 9.13. The van der Waals surface area contributed by atoms with Crippen molar-refractivity contribution in [3.8, 4) is 0 Å². The Morgan fingerprint density at radius 3 is 2.44 bits per heavy atom. The molecule has 0 amide bonds. The minimum atomic E-state index is 0.297. The molecule has 0 spiro atoms. The van der Waals surface area contributed by atoms with Gasteiger partial charge in [0.25, 0.3) is 0 Å². The lowest BCUT2D eigenvalue weighted by Crippen LogP contribution is -2.20. The zero-order valence-electron chi connectivity index (χ0n) is 11.6. The molecular weight excluding hydrogens is 242 g/mol. The average Bonchev–Trinajstić information content (AvgIpc) is 2.43. The Bertz CT molecular complexity index is 326. The van der Waals surface area contributed by atoms with E-state index in [2.05, 4.69) is 49.7 Å². The van der Waals surface area contributed by atoms with E-state index in [-0.39, 0.29) is 0 Å². The molecule has 2 atom stereocenters. The summed E-state index contributed by atoms with van der Waals surface area (Å²) in [5.41, 5.74) is 1.34. The molecule has 0 saturated heterocycles. The minimum absolute atomic E-state index is 0.297. The third-order valence-electron chi connectivity index (χ3n) is 3.25. The molecule has 3 heteroatoms. The lowest BCUT2D eigenvalue weighted by molar-refractivity contribution is 0.227. The summed E-state index contributed by atoms with van der Waals surface area (Å²) < 4.78 is 0. The van der Waals surface area contributed by atoms with Gasteiger partial charge in [0.2, 0.25) is 0 Å². The lowest BCUT2D eigenvalue weighted by atomic mass is 10.1. The van der Waals surface area contributed by atoms with Gasteiger partial charge in [-0.05, 0) is 56.2 Å². The fraction of sp³-hybridized carbons (Fsp3) is 0.600. The first kappa shape index (κ1) is 15.5. The van der Waals surface area contributed by atoms with Gasteiger partial charge in [-0.3, -0.25) is 0 Å². The van der Waals surface area contributed by atoms with E-state index in [1.807, 2.05) is 0 Å². The molecule has 102 valence electrons. The molecule has 2 N–H and O–H groups in total. The standard InChI is InChI=1S/C15H25NOS/c1-12(11-17)5-4-10-16-13(2)14-6-8-15(18-3)9-7-14/h6-9,12-13,16-17H,4-5,10-11H2,1-3H3. The van der Waals surface area contributed by atoms with Crippen molar-refractivity contribution in [1.82, 2.24) is 5.32 Å². The first-order valence-electron chi connectivity index (χ1n) is 6.65. The van der Waals surface area contributed by atoms with Crippen LogP contribution in [0.4, 0.5) is 0 Å². The first-order chi connectivity index (χ1) is 8.67. The minimum Gasteiger partial charge on any atom is -0.396 e. The van der Waals surface area contributed by atoms with Gasteiger partial charge in [0.15, 0.2) is 0 Å². The fourth-order valence-electron chi connectivity index (χ4n) is 1.87. The molecule has 2 nitrogen and oxygen atoms in total. The van der Waals surface area contributed by atoms with Crippen LogP contribution >= 0.6 is 11.8 Å². The van der Waals surface area contributed by atoms with Crippen LogP contribution in [0, 0.1) is 5.92 Å². The van der Waals surface area contributed by atoms with E-state index >= 15 is 0 Å². The highest BCUT2D eigenvalue weighted by molar-refractivity contribution is 7.98. The van der Waals surface area contributed by atoms with Gasteiger partial charge >= 0.3 is 0 Å². The molecule has 0 fully saturated rings. The number of thioether (sulfide) groups is 1. The molecule has 0 bridgehead atoms. The number of aliphatic hydroxyl groups is 1. The van der Waals surface area contributed by atoms with Gasteiger partial charge in [-0.15, -0.1) is 11.8 Å². The Hall–Kier alpha value is -0.510. The molecule has 0 aliphatic heterocycles. The van der Waals surface area contributed by atoms with E-state index in [0.717, 1.165) is 19.4 Å². The SMILES string of the molecule is CSc1ccc(C(C)NCCCC(C)CO)cc1. The molecule has 0 aromatic heterocycles. The maximum atomic E-state index is 8.95. The quantitative estimate of drug-likeness (QED) is 0.559. The van der Waals surface area contributed by atoms with Gasteiger partial charge in [-0.1, -0.05) is 19.1 Å². The average molecular weight is 267 g/mol. The van der Waals surface area contributed by atoms with Crippen molar-refractivity contribution < 1.29 is 5.11 Å². The van der Waals surface area contributed by atoms with Crippen LogP contribution in [0.3, 0.4) is 0 Å². The monoisotopic (exact) mass is 267 g/mol. The molecule has 1 aromatic carbocycles. The van der Waals surface area contributed by atoms with Crippen LogP contribution in [0.15, 0.2) is 29.2 Å². The second-order valence-electron chi connectivity index (χ2n) is 4.88. The predicted octanol–water partition coefficient (Wildman–Crippen LogP) is 3.47. The number of hydrogen-bond acceptors (Lipinski definition) is 3. The van der Waals surface area contributed by atoms with Crippen LogP contribution in [0.25, 0.3) is 0 Å². The highest BCUT2D eigenvalue weighted by Crippen LogP contribution is 2.18. The van der Waals surface area contributed by atoms with Crippen LogP contribution in [0.5, 0.6) is 0 Å². The molecule has 2 unspecified atom stereocenters. The van der Waals surface area contributed by atoms with Crippen molar-refractivity contribution in [3.63, 3.8) is 0 Å². The lowest BCUT2D eigenvalue weighted by Gasteiger charge is -2.15. The molecule has 1 aromatic rings. The zero-order valence-corrected chi connectivity index (χ0v) is 12.5. The first-order valence-corrected chi connectivity index (χ1v) is 7.88. The third-order valence-corrected chi connectivity index (χ3v) is 4.00. The van der Waals surface area contributed by atoms with Crippen LogP contribution in [-0.2, 0) is 0 Å². The molecule has 1 rings (SSSR count). The van der Waals surface area contributed by atoms with Gasteiger partial charge in [0, 0.05) is 17.5 Å². The van der Waals surface area contributed by atoms with E-state index in [1.165, 1.54) is 10.5 Å². The highest BCUT2D eigenvalue weighted by atomic mass is 32.2. The summed E-state index contributed by atoms with van der Waals surface area (Å²) in [5.74, 6) is 0.419. The van der Waals surface area contributed by atoms with Crippen molar-refractivity contribution in [3.05, 3.63) is 29.8 Å². The van der Waals surface area contributed by atoms with Gasteiger partial charge in [0.1, 0.15) is 0 Å². The summed E-state index contributed by atoms with van der Waals surface area (Å²) in [6.07, 6.45) is 4.30. The van der Waals surface area contributed by atoms with E-state index in [0.29, 0.717) is 18.6 Å². The Morgan fingerprint density at radius 1 is 1.22 bits per heavy atom. The van der Waals surface area contributed by atoms with Crippen LogP contribution in [-0.4, -0.2) is 24.5 Å². The van der Waals surface area contributed by atoms with E-state index < -0.39 is 0 Å². The summed E-state index contributed by atoms with van der Waals surface area (Å²) >= 11 is 1.77. The summed E-state index contributed by atoms with van der Waals surface area (Å²) in [5, 5.41) is 12.5. The third kappa shape index (κ3) is 5.42. The molecular formula is C15H25NOS. The van der Waals surface area contributed by atoms with Gasteiger partial charge in [-0.25, -0.2) is 0 Å². The summed E-state index contributed by atoms with van der Waals surface area (Å²) in [6.45, 7) is 5.59. The highest BCUT2D eigenvalue weighted by Gasteiger charge is 2.05. The molecule has 18 heavy (non-hydrogen) atoms. The van der Waals surface area contributed by atoms with Gasteiger partial charge in [-0.2, -0.15) is 0 Å². The van der Waals surface area contributed by atoms with Crippen molar-refractivity contribution in [2.75, 3.05) is 19.4 Å². The number of benzene rings is 1. The van der Waals surface area contributed by atoms with Crippen molar-refractivity contribution in [2.45, 2.75) is 37.6 Å². The topological polar surface area (TPSA) is 32.3 Å². The molecule has 0 radical (unpaired) electrons. The van der Waals surface area contributed by atoms with Crippen LogP contribution in [0.2, 0.25) is 0 Å². The van der Waals surface area contributed by atoms with Crippen LogP contribution < -0.4 is 5.32 Å². The van der Waals surface area contributed by atoms with Crippen molar-refractivity contribution in [1.29, 1.82) is 0 Å². The number of aliphatic hydroxyl groups excluding tert-OH is 1. The summed E-state index contributed by atoms with van der Waals surface area (Å²) in [4.78, 5) is 1.31. The van der Waals surface area contributed by atoms with Gasteiger partial charge in [0.05, 0.1) is 0 Å². The second kappa shape index (κ2) is 8.57. The normalized spacial score (nSPS) is 14.4. The maximum absolute atomic E-state index is 8.95. The molecule has 0 aliphatic rings. The molecule has 0 saturated carbocycles. The number of hydrogen-bond donors (Lipinski definition) is 2. The Balaban J connectivity index is 2.29. The van der Waals surface area contributed by atoms with Crippen LogP contribution in [0.1, 0.15) is 38.3 Å². The van der Waals surface area contributed by atoms with E-state index in [9.17, 15) is 0 Å². The smallest absolute Gasteiger partial charge is 0.0456 e.